The Bertz CT molecular complexity index is 1270. The molecular formula is C21H15ClFN5O2. The topological polar surface area (TPSA) is 93.0 Å². The van der Waals surface area contributed by atoms with Crippen molar-refractivity contribution >= 4 is 39.7 Å². The van der Waals surface area contributed by atoms with E-state index in [2.05, 4.69) is 32.4 Å². The molecular weight excluding hydrogens is 409 g/mol. The van der Waals surface area contributed by atoms with Crippen LogP contribution in [0.1, 0.15) is 12.0 Å². The van der Waals surface area contributed by atoms with Gasteiger partial charge in [0.1, 0.15) is 17.7 Å². The number of piperidine rings is 1. The molecule has 30 heavy (non-hydrogen) atoms. The number of hydrogen-bond acceptors (Lipinski definition) is 6. The Labute approximate surface area is 175 Å². The van der Waals surface area contributed by atoms with E-state index in [1.165, 1.54) is 24.5 Å². The number of nitrogens with one attached hydrogen (secondary N) is 2. The van der Waals surface area contributed by atoms with Crippen molar-refractivity contribution < 1.29 is 9.31 Å². The Morgan fingerprint density at radius 1 is 1.37 bits per heavy atom. The molecule has 0 amide bonds. The van der Waals surface area contributed by atoms with Crippen molar-refractivity contribution in [1.29, 1.82) is 0 Å². The predicted octanol–water partition coefficient (Wildman–Crippen LogP) is 4.04. The lowest BCUT2D eigenvalue weighted by molar-refractivity contribution is -0.385. The van der Waals surface area contributed by atoms with Gasteiger partial charge in [0, 0.05) is 23.4 Å². The molecule has 2 fully saturated rings. The molecule has 1 aromatic heterocycles. The Morgan fingerprint density at radius 3 is 2.97 bits per heavy atom. The highest BCUT2D eigenvalue weighted by atomic mass is 35.5. The van der Waals surface area contributed by atoms with Gasteiger partial charge in [-0.1, -0.05) is 29.5 Å². The predicted molar refractivity (Wildman–Crippen MR) is 111 cm³/mol. The molecule has 7 nitrogen and oxygen atoms in total. The number of nitro benzene ring substituents is 1. The molecule has 150 valence electrons. The van der Waals surface area contributed by atoms with Crippen molar-refractivity contribution in [3.05, 3.63) is 63.2 Å². The highest BCUT2D eigenvalue weighted by molar-refractivity contribution is 6.31. The quantitative estimate of drug-likeness (QED) is 0.375. The van der Waals surface area contributed by atoms with Crippen LogP contribution in [0.3, 0.4) is 0 Å². The van der Waals surface area contributed by atoms with Crippen LogP contribution < -0.4 is 10.6 Å². The Kier molecular flexibility index (Phi) is 4.31. The van der Waals surface area contributed by atoms with Gasteiger partial charge in [-0.15, -0.1) is 0 Å². The number of anilines is 2. The lowest BCUT2D eigenvalue weighted by Crippen LogP contribution is -2.14. The van der Waals surface area contributed by atoms with Crippen LogP contribution in [0.25, 0.3) is 10.9 Å². The maximum absolute atomic E-state index is 14.3. The number of aromatic nitrogens is 2. The molecule has 3 aromatic rings. The average molecular weight is 424 g/mol. The summed E-state index contributed by atoms with van der Waals surface area (Å²) >= 11 is 5.83. The number of rotatable bonds is 3. The van der Waals surface area contributed by atoms with Crippen LogP contribution in [-0.2, 0) is 0 Å². The van der Waals surface area contributed by atoms with Gasteiger partial charge in [-0.25, -0.2) is 14.4 Å². The van der Waals surface area contributed by atoms with Crippen molar-refractivity contribution in [2.75, 3.05) is 18.4 Å². The summed E-state index contributed by atoms with van der Waals surface area (Å²) in [5.41, 5.74) is 0.684. The van der Waals surface area contributed by atoms with Gasteiger partial charge in [0.25, 0.3) is 5.69 Å². The van der Waals surface area contributed by atoms with Crippen LogP contribution in [0.5, 0.6) is 0 Å². The summed E-state index contributed by atoms with van der Waals surface area (Å²) in [5, 5.41) is 18.2. The Morgan fingerprint density at radius 2 is 2.23 bits per heavy atom. The molecule has 5 rings (SSSR count). The first-order valence-corrected chi connectivity index (χ1v) is 9.73. The first kappa shape index (κ1) is 18.7. The van der Waals surface area contributed by atoms with E-state index in [1.807, 2.05) is 0 Å². The van der Waals surface area contributed by atoms with Crippen LogP contribution in [0, 0.1) is 39.1 Å². The fourth-order valence-corrected chi connectivity index (χ4v) is 4.07. The second-order valence-electron chi connectivity index (χ2n) is 7.53. The molecule has 0 radical (unpaired) electrons. The van der Waals surface area contributed by atoms with E-state index >= 15 is 0 Å². The minimum absolute atomic E-state index is 0.0407. The van der Waals surface area contributed by atoms with Crippen LogP contribution >= 0.6 is 11.6 Å². The summed E-state index contributed by atoms with van der Waals surface area (Å²) in [6, 6.07) is 7.48. The molecule has 2 aromatic carbocycles. The summed E-state index contributed by atoms with van der Waals surface area (Å²) in [4.78, 5) is 19.6. The third-order valence-corrected chi connectivity index (χ3v) is 5.96. The lowest BCUT2D eigenvalue weighted by atomic mass is 10.0. The molecule has 2 aliphatic rings. The second-order valence-corrected chi connectivity index (χ2v) is 7.94. The molecule has 2 atom stereocenters. The van der Waals surface area contributed by atoms with Gasteiger partial charge >= 0.3 is 0 Å². The standard InChI is InChI=1S/C21H15ClFN5O2/c22-15-2-1-3-16(19(15)23)27-20-14-7-18(28(29)30)12(6-17(14)25-11-26-20)4-5-21-8-13(21)9-24-10-21/h1-3,6-7,11,13,24H,8-10H2,(H,25,26,27)/t13-,21+/m1/s1. The SMILES string of the molecule is O=[N+]([O-])c1cc2c(Nc3cccc(Cl)c3F)ncnc2cc1C#C[C@]12CNC[C@H]1C2. The average Bonchev–Trinajstić information content (AvgIpc) is 3.28. The Hall–Kier alpha value is -3.28. The summed E-state index contributed by atoms with van der Waals surface area (Å²) in [5.74, 6) is 6.37. The lowest BCUT2D eigenvalue weighted by Gasteiger charge is -2.10. The Balaban J connectivity index is 1.58. The van der Waals surface area contributed by atoms with Gasteiger partial charge in [-0.05, 0) is 37.1 Å². The number of halogens is 2. The zero-order valence-electron chi connectivity index (χ0n) is 15.6. The molecule has 1 aliphatic carbocycles. The monoisotopic (exact) mass is 423 g/mol. The van der Waals surface area contributed by atoms with Crippen molar-refractivity contribution in [1.82, 2.24) is 15.3 Å². The van der Waals surface area contributed by atoms with Crippen LogP contribution in [0.2, 0.25) is 5.02 Å². The summed E-state index contributed by atoms with van der Waals surface area (Å²) in [6.07, 6.45) is 2.34. The van der Waals surface area contributed by atoms with Crippen LogP contribution in [-0.4, -0.2) is 28.0 Å². The van der Waals surface area contributed by atoms with Gasteiger partial charge in [0.05, 0.1) is 21.2 Å². The van der Waals surface area contributed by atoms with E-state index in [9.17, 15) is 14.5 Å². The van der Waals surface area contributed by atoms with Gasteiger partial charge in [-0.3, -0.25) is 10.1 Å². The largest absolute Gasteiger partial charge is 0.337 e. The molecule has 2 heterocycles. The van der Waals surface area contributed by atoms with Crippen molar-refractivity contribution in [3.8, 4) is 11.8 Å². The highest BCUT2D eigenvalue weighted by Crippen LogP contribution is 2.54. The number of nitrogens with zero attached hydrogens (tertiary/aromatic N) is 3. The molecule has 2 N–H and O–H groups in total. The number of hydrogen-bond donors (Lipinski definition) is 2. The summed E-state index contributed by atoms with van der Waals surface area (Å²) in [7, 11) is 0. The van der Waals surface area contributed by atoms with Gasteiger partial charge in [0.2, 0.25) is 0 Å². The van der Waals surface area contributed by atoms with E-state index in [4.69, 9.17) is 11.6 Å². The molecule has 1 saturated carbocycles. The maximum atomic E-state index is 14.3. The molecule has 1 saturated heterocycles. The molecule has 1 aliphatic heterocycles. The maximum Gasteiger partial charge on any atom is 0.285 e. The number of nitro groups is 1. The van der Waals surface area contributed by atoms with E-state index in [1.54, 1.807) is 12.1 Å². The van der Waals surface area contributed by atoms with Crippen LogP contribution in [0.4, 0.5) is 21.6 Å². The van der Waals surface area contributed by atoms with Gasteiger partial charge < -0.3 is 10.6 Å². The van der Waals surface area contributed by atoms with Crippen molar-refractivity contribution in [3.63, 3.8) is 0 Å². The zero-order chi connectivity index (χ0) is 20.9. The minimum atomic E-state index is -0.633. The first-order valence-electron chi connectivity index (χ1n) is 9.35. The van der Waals surface area contributed by atoms with E-state index in [0.29, 0.717) is 22.4 Å². The third-order valence-electron chi connectivity index (χ3n) is 5.66. The van der Waals surface area contributed by atoms with E-state index < -0.39 is 10.7 Å². The van der Waals surface area contributed by atoms with Gasteiger partial charge in [0.15, 0.2) is 5.82 Å². The number of benzene rings is 2. The second kappa shape index (κ2) is 6.90. The third kappa shape index (κ3) is 3.12. The minimum Gasteiger partial charge on any atom is -0.337 e. The van der Waals surface area contributed by atoms with E-state index in [0.717, 1.165) is 19.5 Å². The van der Waals surface area contributed by atoms with Crippen LogP contribution in [0.15, 0.2) is 36.7 Å². The molecule has 0 unspecified atom stereocenters. The fourth-order valence-electron chi connectivity index (χ4n) is 3.89. The van der Waals surface area contributed by atoms with Crippen molar-refractivity contribution in [2.45, 2.75) is 6.42 Å². The molecule has 9 heteroatoms. The summed E-state index contributed by atoms with van der Waals surface area (Å²) < 4.78 is 14.3. The first-order chi connectivity index (χ1) is 14.5. The fraction of sp³-hybridized carbons (Fsp3) is 0.238. The molecule has 0 spiro atoms. The normalized spacial score (nSPS) is 21.6. The van der Waals surface area contributed by atoms with E-state index in [-0.39, 0.29) is 27.6 Å². The molecule has 0 bridgehead atoms. The number of fused-ring (bicyclic) bond motifs is 2. The smallest absolute Gasteiger partial charge is 0.285 e. The van der Waals surface area contributed by atoms with Crippen molar-refractivity contribution in [2.24, 2.45) is 11.3 Å². The van der Waals surface area contributed by atoms with Gasteiger partial charge in [-0.2, -0.15) is 0 Å². The highest BCUT2D eigenvalue weighted by Gasteiger charge is 2.56. The summed E-state index contributed by atoms with van der Waals surface area (Å²) in [6.45, 7) is 1.75. The zero-order valence-corrected chi connectivity index (χ0v) is 16.3.